The van der Waals surface area contributed by atoms with E-state index in [2.05, 4.69) is 0 Å². The first-order valence-corrected chi connectivity index (χ1v) is 12.0. The molecule has 0 unspecified atom stereocenters. The molecule has 11 heteroatoms. The Kier molecular flexibility index (Phi) is 26.9. The summed E-state index contributed by atoms with van der Waals surface area (Å²) in [6.07, 6.45) is -0.922. The third kappa shape index (κ3) is 59.4. The van der Waals surface area contributed by atoms with Gasteiger partial charge in [0.25, 0.3) is 0 Å². The van der Waals surface area contributed by atoms with E-state index in [1.165, 1.54) is 0 Å². The number of rotatable bonds is 9. The fourth-order valence-corrected chi connectivity index (χ4v) is 2.44. The van der Waals surface area contributed by atoms with Crippen LogP contribution in [0.3, 0.4) is 0 Å². The monoisotopic (exact) mass is 620 g/mol. The molecule has 38 heavy (non-hydrogen) atoms. The van der Waals surface area contributed by atoms with Crippen LogP contribution < -0.4 is 20.4 Å². The van der Waals surface area contributed by atoms with Crippen molar-refractivity contribution in [1.29, 1.82) is 0 Å². The molecule has 0 aliphatic rings. The standard InChI is InChI=1S/3C8H14O3.C3H7O.Zr/c3*1-8(2,3)5-6(9)4-7(10)11;1-3(2)4;/h3*4-5H2,1-3H3,(H,10,11);3H,1-2H3;/q;;;-1;+4/p-3. The number of carbonyl (C=O) groups excluding carboxylic acids is 6. The van der Waals surface area contributed by atoms with E-state index in [0.29, 0.717) is 19.3 Å². The topological polar surface area (TPSA) is 195 Å². The van der Waals surface area contributed by atoms with Crippen LogP contribution in [0, 0.1) is 16.2 Å². The van der Waals surface area contributed by atoms with Crippen molar-refractivity contribution < 1.29 is 75.4 Å². The van der Waals surface area contributed by atoms with E-state index in [1.54, 1.807) is 13.8 Å². The van der Waals surface area contributed by atoms with Gasteiger partial charge in [0, 0.05) is 56.4 Å². The van der Waals surface area contributed by atoms with E-state index in [-0.39, 0.29) is 59.8 Å². The molecule has 0 bridgehead atoms. The number of carbonyl (C=O) groups is 6. The smallest absolute Gasteiger partial charge is 0.852 e. The van der Waals surface area contributed by atoms with E-state index in [9.17, 15) is 49.2 Å². The number of hydrogen-bond acceptors (Lipinski definition) is 10. The van der Waals surface area contributed by atoms with E-state index in [1.807, 2.05) is 62.3 Å². The molecule has 0 fully saturated rings. The molecule has 0 aromatic heterocycles. The van der Waals surface area contributed by atoms with Gasteiger partial charge in [0.1, 0.15) is 17.3 Å². The van der Waals surface area contributed by atoms with Crippen molar-refractivity contribution in [3.63, 3.8) is 0 Å². The van der Waals surface area contributed by atoms with Crippen molar-refractivity contribution >= 4 is 35.3 Å². The van der Waals surface area contributed by atoms with Gasteiger partial charge in [-0.1, -0.05) is 76.2 Å². The largest absolute Gasteiger partial charge is 4.00 e. The van der Waals surface area contributed by atoms with Gasteiger partial charge in [0.15, 0.2) is 0 Å². The third-order valence-corrected chi connectivity index (χ3v) is 3.21. The SMILES string of the molecule is CC(C)(C)CC(=O)CC(=O)[O-].CC(C)(C)CC(=O)CC(=O)[O-].CC(C)(C)CC(=O)CC(=O)[O-].CC(C)[O-].[Zr+4]. The molecule has 0 heterocycles. The van der Waals surface area contributed by atoms with Crippen LogP contribution >= 0.6 is 0 Å². The molecule has 0 aromatic rings. The Morgan fingerprint density at radius 3 is 0.711 bits per heavy atom. The first-order chi connectivity index (χ1) is 16.2. The van der Waals surface area contributed by atoms with E-state index >= 15 is 0 Å². The maximum Gasteiger partial charge on any atom is 4.00 e. The second-order valence-corrected chi connectivity index (χ2v) is 12.5. The average Bonchev–Trinajstić information content (AvgIpc) is 2.46. The van der Waals surface area contributed by atoms with Gasteiger partial charge in [0.2, 0.25) is 0 Å². The predicted octanol–water partition coefficient (Wildman–Crippen LogP) is 0.148. The van der Waals surface area contributed by atoms with Crippen molar-refractivity contribution in [3.8, 4) is 0 Å². The summed E-state index contributed by atoms with van der Waals surface area (Å²) in [5.41, 5.74) is -0.397. The summed E-state index contributed by atoms with van der Waals surface area (Å²) in [5, 5.41) is 39.4. The summed E-state index contributed by atoms with van der Waals surface area (Å²) >= 11 is 0. The number of carboxylic acid groups (broad SMARTS) is 3. The molecule has 0 saturated carbocycles. The van der Waals surface area contributed by atoms with Crippen LogP contribution in [0.15, 0.2) is 0 Å². The van der Waals surface area contributed by atoms with Crippen molar-refractivity contribution in [2.75, 3.05) is 0 Å². The zero-order valence-electron chi connectivity index (χ0n) is 24.9. The van der Waals surface area contributed by atoms with E-state index in [0.717, 1.165) is 0 Å². The Hall–Kier alpha value is -1.74. The number of hydrogen-bond donors (Lipinski definition) is 0. The third-order valence-electron chi connectivity index (χ3n) is 3.21. The van der Waals surface area contributed by atoms with Crippen LogP contribution in [0.5, 0.6) is 0 Å². The van der Waals surface area contributed by atoms with Crippen LogP contribution in [-0.2, 0) is 55.0 Å². The summed E-state index contributed by atoms with van der Waals surface area (Å²) in [7, 11) is 0. The summed E-state index contributed by atoms with van der Waals surface area (Å²) < 4.78 is 0. The summed E-state index contributed by atoms with van der Waals surface area (Å²) in [4.78, 5) is 62.4. The normalized spacial score (nSPS) is 10.7. The second kappa shape index (κ2) is 22.1. The van der Waals surface area contributed by atoms with Gasteiger partial charge in [-0.05, 0) is 16.2 Å². The van der Waals surface area contributed by atoms with Gasteiger partial charge in [-0.2, -0.15) is 0 Å². The molecule has 0 rings (SSSR count). The van der Waals surface area contributed by atoms with Crippen molar-refractivity contribution in [2.24, 2.45) is 16.2 Å². The van der Waals surface area contributed by atoms with Crippen LogP contribution in [0.2, 0.25) is 0 Å². The zero-order valence-corrected chi connectivity index (χ0v) is 27.4. The van der Waals surface area contributed by atoms with E-state index in [4.69, 9.17) is 0 Å². The Labute approximate surface area is 247 Å². The molecular weight excluding hydrogens is 576 g/mol. The van der Waals surface area contributed by atoms with Gasteiger partial charge < -0.3 is 34.8 Å². The number of aliphatic carboxylic acids is 3. The average molecular weight is 622 g/mol. The number of ketones is 3. The number of Topliss-reactive ketones (excluding diaryl/α,β-unsaturated/α-hetero) is 3. The molecule has 0 aliphatic carbocycles. The first kappa shape index (κ1) is 46.1. The minimum Gasteiger partial charge on any atom is -0.852 e. The van der Waals surface area contributed by atoms with Crippen molar-refractivity contribution in [2.45, 2.75) is 121 Å². The fourth-order valence-electron chi connectivity index (χ4n) is 2.44. The van der Waals surface area contributed by atoms with Crippen molar-refractivity contribution in [3.05, 3.63) is 0 Å². The molecule has 0 aromatic carbocycles. The van der Waals surface area contributed by atoms with Gasteiger partial charge in [0.05, 0.1) is 0 Å². The first-order valence-electron chi connectivity index (χ1n) is 12.0. The Morgan fingerprint density at radius 2 is 0.632 bits per heavy atom. The minimum absolute atomic E-state index is 0. The second-order valence-electron chi connectivity index (χ2n) is 12.5. The molecule has 0 radical (unpaired) electrons. The molecule has 0 atom stereocenters. The number of carboxylic acids is 3. The van der Waals surface area contributed by atoms with Crippen LogP contribution in [0.1, 0.15) is 115 Å². The zero-order chi connectivity index (χ0) is 30.8. The van der Waals surface area contributed by atoms with Crippen LogP contribution in [-0.4, -0.2) is 41.4 Å². The molecule has 0 N–H and O–H groups in total. The molecule has 0 spiro atoms. The molecule has 10 nitrogen and oxygen atoms in total. The van der Waals surface area contributed by atoms with Crippen LogP contribution in [0.4, 0.5) is 0 Å². The maximum atomic E-state index is 10.8. The van der Waals surface area contributed by atoms with Gasteiger partial charge in [-0.15, -0.1) is 6.10 Å². The maximum absolute atomic E-state index is 10.8. The summed E-state index contributed by atoms with van der Waals surface area (Å²) in [6.45, 7) is 20.2. The summed E-state index contributed by atoms with van der Waals surface area (Å²) in [5.74, 6) is -4.68. The fraction of sp³-hybridized carbons (Fsp3) is 0.778. The van der Waals surface area contributed by atoms with Crippen LogP contribution in [0.25, 0.3) is 0 Å². The quantitative estimate of drug-likeness (QED) is 0.320. The Morgan fingerprint density at radius 1 is 0.500 bits per heavy atom. The molecule has 0 amide bonds. The Balaban J connectivity index is -0.000000132. The Bertz CT molecular complexity index is 639. The van der Waals surface area contributed by atoms with Gasteiger partial charge in [-0.25, -0.2) is 0 Å². The molecule has 0 aliphatic heterocycles. The van der Waals surface area contributed by atoms with E-state index < -0.39 is 43.3 Å². The van der Waals surface area contributed by atoms with Gasteiger partial charge >= 0.3 is 26.2 Å². The molecule has 218 valence electrons. The van der Waals surface area contributed by atoms with Crippen molar-refractivity contribution in [1.82, 2.24) is 0 Å². The minimum atomic E-state index is -1.29. The molecular formula is C27H46O10Zr. The predicted molar refractivity (Wildman–Crippen MR) is 131 cm³/mol. The molecule has 0 saturated heterocycles. The van der Waals surface area contributed by atoms with Gasteiger partial charge in [-0.3, -0.25) is 14.4 Å². The summed E-state index contributed by atoms with van der Waals surface area (Å²) in [6, 6.07) is 0.